The second-order valence-electron chi connectivity index (χ2n) is 2.55. The summed E-state index contributed by atoms with van der Waals surface area (Å²) in [7, 11) is 0. The third kappa shape index (κ3) is 2.93. The van der Waals surface area contributed by atoms with E-state index < -0.39 is 5.82 Å². The average molecular weight is 227 g/mol. The molecule has 0 bridgehead atoms. The molecule has 1 aromatic heterocycles. The van der Waals surface area contributed by atoms with Crippen LogP contribution in [0, 0.1) is 17.1 Å². The first kappa shape index (κ1) is 11.5. The van der Waals surface area contributed by atoms with Crippen molar-refractivity contribution in [1.82, 2.24) is 4.98 Å². The van der Waals surface area contributed by atoms with Gasteiger partial charge in [0.25, 0.3) is 0 Å². The Hall–Kier alpha value is -1.60. The molecule has 1 aromatic rings. The lowest BCUT2D eigenvalue weighted by atomic mass is 10.3. The van der Waals surface area contributed by atoms with Gasteiger partial charge in [0, 0.05) is 6.20 Å². The number of allylic oxidation sites excluding steroid dienone is 1. The lowest BCUT2D eigenvalue weighted by Gasteiger charge is -2.07. The van der Waals surface area contributed by atoms with E-state index >= 15 is 0 Å². The summed E-state index contributed by atoms with van der Waals surface area (Å²) in [6.07, 6.45) is 2.40. The van der Waals surface area contributed by atoms with Gasteiger partial charge in [0.1, 0.15) is 5.69 Å². The molecule has 0 spiro atoms. The van der Waals surface area contributed by atoms with E-state index in [1.807, 2.05) is 0 Å². The van der Waals surface area contributed by atoms with E-state index in [1.165, 1.54) is 6.20 Å². The highest BCUT2D eigenvalue weighted by Crippen LogP contribution is 2.19. The Morgan fingerprint density at radius 2 is 2.53 bits per heavy atom. The third-order valence-corrected chi connectivity index (χ3v) is 1.74. The normalized spacial score (nSPS) is 10.9. The zero-order valence-corrected chi connectivity index (χ0v) is 8.75. The molecule has 0 unspecified atom stereocenters. The van der Waals surface area contributed by atoms with Crippen LogP contribution in [-0.4, -0.2) is 11.6 Å². The largest absolute Gasteiger partial charge is 0.491 e. The van der Waals surface area contributed by atoms with Crippen molar-refractivity contribution in [2.75, 3.05) is 6.61 Å². The second kappa shape index (κ2) is 5.32. The summed E-state index contributed by atoms with van der Waals surface area (Å²) in [6.45, 7) is 2.07. The van der Waals surface area contributed by atoms with Gasteiger partial charge in [-0.1, -0.05) is 11.6 Å². The van der Waals surface area contributed by atoms with Crippen LogP contribution in [0.2, 0.25) is 5.02 Å². The Morgan fingerprint density at radius 1 is 1.80 bits per heavy atom. The van der Waals surface area contributed by atoms with Crippen LogP contribution in [-0.2, 0) is 4.74 Å². The molecule has 5 heteroatoms. The average Bonchev–Trinajstić information content (AvgIpc) is 2.17. The Kier molecular flexibility index (Phi) is 4.07. The molecule has 1 rings (SSSR count). The molecule has 0 N–H and O–H groups in total. The number of rotatable bonds is 3. The number of ether oxygens (including phenoxy) is 1. The van der Waals surface area contributed by atoms with Gasteiger partial charge in [-0.25, -0.2) is 9.37 Å². The van der Waals surface area contributed by atoms with Gasteiger partial charge < -0.3 is 4.74 Å². The zero-order chi connectivity index (χ0) is 11.3. The van der Waals surface area contributed by atoms with Crippen molar-refractivity contribution in [1.29, 1.82) is 5.26 Å². The molecular formula is C10H8ClFN2O. The first-order chi connectivity index (χ1) is 7.19. The summed E-state index contributed by atoms with van der Waals surface area (Å²) in [5, 5.41) is 8.69. The first-order valence-corrected chi connectivity index (χ1v) is 4.60. The molecule has 15 heavy (non-hydrogen) atoms. The maximum absolute atomic E-state index is 13.4. The topological polar surface area (TPSA) is 45.9 Å². The fourth-order valence-corrected chi connectivity index (χ4v) is 1.13. The molecule has 0 atom stereocenters. The number of aromatic nitrogens is 1. The molecule has 0 aliphatic rings. The number of nitrogens with zero attached hydrogens (tertiary/aromatic N) is 2. The van der Waals surface area contributed by atoms with Crippen molar-refractivity contribution in [2.45, 2.75) is 6.92 Å². The summed E-state index contributed by atoms with van der Waals surface area (Å²) in [4.78, 5) is 3.76. The number of pyridine rings is 1. The quantitative estimate of drug-likeness (QED) is 0.588. The molecular weight excluding hydrogens is 219 g/mol. The minimum Gasteiger partial charge on any atom is -0.491 e. The predicted molar refractivity (Wildman–Crippen MR) is 54.4 cm³/mol. The molecule has 0 amide bonds. The smallest absolute Gasteiger partial charge is 0.158 e. The van der Waals surface area contributed by atoms with Crippen LogP contribution in [0.4, 0.5) is 4.39 Å². The fourth-order valence-electron chi connectivity index (χ4n) is 0.988. The Bertz CT molecular complexity index is 426. The summed E-state index contributed by atoms with van der Waals surface area (Å²) < 4.78 is 18.5. The monoisotopic (exact) mass is 226 g/mol. The highest BCUT2D eigenvalue weighted by molar-refractivity contribution is 6.30. The highest BCUT2D eigenvalue weighted by atomic mass is 35.5. The van der Waals surface area contributed by atoms with E-state index in [4.69, 9.17) is 21.6 Å². The van der Waals surface area contributed by atoms with Crippen LogP contribution >= 0.6 is 11.6 Å². The lowest BCUT2D eigenvalue weighted by Crippen LogP contribution is -1.98. The van der Waals surface area contributed by atoms with Gasteiger partial charge >= 0.3 is 0 Å². The second-order valence-corrected chi connectivity index (χ2v) is 2.99. The van der Waals surface area contributed by atoms with Gasteiger partial charge in [-0.05, 0) is 13.0 Å². The van der Waals surface area contributed by atoms with Crippen molar-refractivity contribution in [2.24, 2.45) is 0 Å². The van der Waals surface area contributed by atoms with Gasteiger partial charge in [0.05, 0.1) is 23.8 Å². The standard InChI is InChI=1S/C10H8ClFN2O/c1-2-15-9(3-4-13)10-8(12)5-7(11)6-14-10/h3,5-6H,2H2,1H3. The minimum atomic E-state index is -0.613. The van der Waals surface area contributed by atoms with Crippen LogP contribution in [0.25, 0.3) is 5.76 Å². The van der Waals surface area contributed by atoms with Crippen molar-refractivity contribution in [3.63, 3.8) is 0 Å². The Labute approximate surface area is 91.8 Å². The summed E-state index contributed by atoms with van der Waals surface area (Å²) in [5.41, 5.74) is -0.0113. The van der Waals surface area contributed by atoms with Crippen LogP contribution in [0.5, 0.6) is 0 Å². The molecule has 0 aromatic carbocycles. The number of halogens is 2. The fraction of sp³-hybridized carbons (Fsp3) is 0.200. The van der Waals surface area contributed by atoms with Gasteiger partial charge in [-0.3, -0.25) is 0 Å². The van der Waals surface area contributed by atoms with Crippen LogP contribution in [0.3, 0.4) is 0 Å². The first-order valence-electron chi connectivity index (χ1n) is 4.23. The maximum Gasteiger partial charge on any atom is 0.158 e. The van der Waals surface area contributed by atoms with E-state index in [0.717, 1.165) is 12.1 Å². The molecule has 0 aliphatic carbocycles. The number of nitriles is 1. The van der Waals surface area contributed by atoms with Gasteiger partial charge in [0.2, 0.25) is 0 Å². The summed E-state index contributed by atoms with van der Waals surface area (Å²) >= 11 is 5.55. The molecule has 1 heterocycles. The highest BCUT2D eigenvalue weighted by Gasteiger charge is 2.11. The summed E-state index contributed by atoms with van der Waals surface area (Å²) in [6, 6.07) is 2.89. The van der Waals surface area contributed by atoms with Crippen LogP contribution < -0.4 is 0 Å². The summed E-state index contributed by atoms with van der Waals surface area (Å²) in [5.74, 6) is -0.508. The van der Waals surface area contributed by atoms with Gasteiger partial charge in [0.15, 0.2) is 11.6 Å². The van der Waals surface area contributed by atoms with Crippen molar-refractivity contribution < 1.29 is 9.13 Å². The van der Waals surface area contributed by atoms with Crippen molar-refractivity contribution >= 4 is 17.4 Å². The Balaban J connectivity index is 3.13. The van der Waals surface area contributed by atoms with Gasteiger partial charge in [-0.2, -0.15) is 5.26 Å². The molecule has 3 nitrogen and oxygen atoms in total. The maximum atomic E-state index is 13.4. The van der Waals surface area contributed by atoms with E-state index in [-0.39, 0.29) is 16.5 Å². The van der Waals surface area contributed by atoms with E-state index in [9.17, 15) is 4.39 Å². The van der Waals surface area contributed by atoms with Crippen LogP contribution in [0.1, 0.15) is 12.6 Å². The molecule has 0 saturated carbocycles. The molecule has 78 valence electrons. The molecule has 0 aliphatic heterocycles. The van der Waals surface area contributed by atoms with E-state index in [0.29, 0.717) is 6.61 Å². The minimum absolute atomic E-state index is 0.0113. The SMILES string of the molecule is CCOC(=CC#N)c1ncc(Cl)cc1F. The molecule has 0 fully saturated rings. The van der Waals surface area contributed by atoms with Crippen molar-refractivity contribution in [3.8, 4) is 6.07 Å². The zero-order valence-electron chi connectivity index (χ0n) is 8.00. The van der Waals surface area contributed by atoms with Gasteiger partial charge in [-0.15, -0.1) is 0 Å². The Morgan fingerprint density at radius 3 is 3.07 bits per heavy atom. The lowest BCUT2D eigenvalue weighted by molar-refractivity contribution is 0.295. The van der Waals surface area contributed by atoms with E-state index in [1.54, 1.807) is 13.0 Å². The number of hydrogen-bond acceptors (Lipinski definition) is 3. The molecule has 0 radical (unpaired) electrons. The third-order valence-electron chi connectivity index (χ3n) is 1.54. The number of hydrogen-bond donors (Lipinski definition) is 0. The predicted octanol–water partition coefficient (Wildman–Crippen LogP) is 2.78. The van der Waals surface area contributed by atoms with Crippen molar-refractivity contribution in [3.05, 3.63) is 34.9 Å². The molecule has 0 saturated heterocycles. The van der Waals surface area contributed by atoms with Crippen LogP contribution in [0.15, 0.2) is 18.3 Å². The van der Waals surface area contributed by atoms with E-state index in [2.05, 4.69) is 4.98 Å².